The van der Waals surface area contributed by atoms with E-state index in [4.69, 9.17) is 9.26 Å². The number of nitrogens with one attached hydrogen (secondary N) is 1. The van der Waals surface area contributed by atoms with E-state index in [0.29, 0.717) is 23.6 Å². The van der Waals surface area contributed by atoms with E-state index in [2.05, 4.69) is 16.5 Å². The first-order chi connectivity index (χ1) is 13.1. The highest BCUT2D eigenvalue weighted by atomic mass is 16.5. The zero-order chi connectivity index (χ0) is 19.0. The number of benzene rings is 2. The van der Waals surface area contributed by atoms with Gasteiger partial charge in [-0.2, -0.15) is 0 Å². The van der Waals surface area contributed by atoms with Gasteiger partial charge in [-0.05, 0) is 54.2 Å². The molecule has 1 unspecified atom stereocenters. The summed E-state index contributed by atoms with van der Waals surface area (Å²) in [6, 6.07) is 11.4. The zero-order valence-electron chi connectivity index (χ0n) is 15.2. The zero-order valence-corrected chi connectivity index (χ0v) is 15.2. The minimum atomic E-state index is -0.905. The Morgan fingerprint density at radius 2 is 2.00 bits per heavy atom. The molecule has 1 atom stereocenters. The van der Waals surface area contributed by atoms with Crippen LogP contribution in [-0.2, 0) is 22.4 Å². The van der Waals surface area contributed by atoms with Crippen molar-refractivity contribution in [1.82, 2.24) is 5.16 Å². The molecular weight excluding hydrogens is 344 g/mol. The fourth-order valence-corrected chi connectivity index (χ4v) is 3.57. The van der Waals surface area contributed by atoms with Crippen molar-refractivity contribution in [3.63, 3.8) is 0 Å². The maximum absolute atomic E-state index is 12.8. The van der Waals surface area contributed by atoms with E-state index in [1.807, 2.05) is 18.2 Å². The van der Waals surface area contributed by atoms with Crippen molar-refractivity contribution in [2.75, 3.05) is 5.32 Å². The van der Waals surface area contributed by atoms with Crippen LogP contribution in [0.3, 0.4) is 0 Å². The van der Waals surface area contributed by atoms with Crippen molar-refractivity contribution in [3.05, 3.63) is 58.8 Å². The summed E-state index contributed by atoms with van der Waals surface area (Å²) in [7, 11) is 0. The van der Waals surface area contributed by atoms with Crippen LogP contribution in [0.4, 0.5) is 5.82 Å². The van der Waals surface area contributed by atoms with Crippen LogP contribution in [-0.4, -0.2) is 23.1 Å². The molecule has 1 aliphatic carbocycles. The summed E-state index contributed by atoms with van der Waals surface area (Å²) in [5.74, 6) is -0.0328. The van der Waals surface area contributed by atoms with Gasteiger partial charge in [0.15, 0.2) is 11.9 Å². The highest BCUT2D eigenvalue weighted by Crippen LogP contribution is 2.33. The maximum atomic E-state index is 12.8. The van der Waals surface area contributed by atoms with Crippen molar-refractivity contribution in [1.29, 1.82) is 0 Å². The summed E-state index contributed by atoms with van der Waals surface area (Å²) in [4.78, 5) is 25.2. The average Bonchev–Trinajstić information content (AvgIpc) is 3.27. The molecule has 0 saturated heterocycles. The fraction of sp³-hybridized carbons (Fsp3) is 0.286. The summed E-state index contributed by atoms with van der Waals surface area (Å²) < 4.78 is 10.5. The van der Waals surface area contributed by atoms with Gasteiger partial charge in [0.2, 0.25) is 0 Å². The number of ether oxygens (including phenoxy) is 1. The molecule has 1 aromatic heterocycles. The lowest BCUT2D eigenvalue weighted by atomic mass is 10.00. The molecule has 3 aromatic rings. The Kier molecular flexibility index (Phi) is 4.39. The van der Waals surface area contributed by atoms with Gasteiger partial charge in [0.05, 0.1) is 5.56 Å². The van der Waals surface area contributed by atoms with Gasteiger partial charge >= 0.3 is 5.97 Å². The number of aryl methyl sites for hydroxylation is 3. The lowest BCUT2D eigenvalue weighted by Gasteiger charge is -2.16. The van der Waals surface area contributed by atoms with Crippen molar-refractivity contribution >= 4 is 28.5 Å². The monoisotopic (exact) mass is 364 g/mol. The van der Waals surface area contributed by atoms with Crippen LogP contribution in [0, 0.1) is 6.92 Å². The average molecular weight is 364 g/mol. The summed E-state index contributed by atoms with van der Waals surface area (Å²) in [5.41, 5.74) is 2.99. The molecule has 6 heteroatoms. The van der Waals surface area contributed by atoms with Crippen molar-refractivity contribution in [3.8, 4) is 0 Å². The van der Waals surface area contributed by atoms with E-state index >= 15 is 0 Å². The van der Waals surface area contributed by atoms with Crippen LogP contribution in [0.1, 0.15) is 40.6 Å². The summed E-state index contributed by atoms with van der Waals surface area (Å²) in [6.07, 6.45) is 1.43. The summed E-state index contributed by atoms with van der Waals surface area (Å²) in [6.45, 7) is 3.52. The second-order valence-corrected chi connectivity index (χ2v) is 6.73. The van der Waals surface area contributed by atoms with E-state index in [0.717, 1.165) is 23.6 Å². The van der Waals surface area contributed by atoms with Gasteiger partial charge in [0.25, 0.3) is 5.91 Å². The van der Waals surface area contributed by atoms with Gasteiger partial charge < -0.3 is 14.6 Å². The third-order valence-corrected chi connectivity index (χ3v) is 4.89. The number of hydrogen-bond donors (Lipinski definition) is 1. The first-order valence-electron chi connectivity index (χ1n) is 9.05. The predicted molar refractivity (Wildman–Crippen MR) is 101 cm³/mol. The number of aromatic nitrogens is 1. The third-order valence-electron chi connectivity index (χ3n) is 4.89. The quantitative estimate of drug-likeness (QED) is 0.696. The largest absolute Gasteiger partial charge is 0.449 e. The highest BCUT2D eigenvalue weighted by molar-refractivity contribution is 6.08. The lowest BCUT2D eigenvalue weighted by molar-refractivity contribution is -0.124. The maximum Gasteiger partial charge on any atom is 0.339 e. The molecule has 0 saturated carbocycles. The SMILES string of the molecule is CCC(OC(=O)c1ccc2c3c(cccc13)CC2)C(=O)Nc1cc(C)on1. The molecule has 1 amide bonds. The lowest BCUT2D eigenvalue weighted by Crippen LogP contribution is -2.32. The Labute approximate surface area is 156 Å². The topological polar surface area (TPSA) is 81.4 Å². The Bertz CT molecular complexity index is 1030. The number of anilines is 1. The number of carbonyl (C=O) groups is 2. The molecule has 6 nitrogen and oxygen atoms in total. The molecule has 4 rings (SSSR count). The van der Waals surface area contributed by atoms with Gasteiger partial charge in [-0.15, -0.1) is 0 Å². The van der Waals surface area contributed by atoms with Crippen molar-refractivity contribution in [2.24, 2.45) is 0 Å². The van der Waals surface area contributed by atoms with E-state index in [1.165, 1.54) is 11.1 Å². The molecule has 0 radical (unpaired) electrons. The number of esters is 1. The standard InChI is InChI=1S/C21H20N2O4/c1-3-17(20(24)22-18-11-12(2)27-23-18)26-21(25)16-10-9-14-8-7-13-5-4-6-15(16)19(13)14/h4-6,9-11,17H,3,7-8H2,1-2H3,(H,22,23,24). The van der Waals surface area contributed by atoms with E-state index in [1.54, 1.807) is 26.0 Å². The summed E-state index contributed by atoms with van der Waals surface area (Å²) >= 11 is 0. The van der Waals surface area contributed by atoms with Crippen molar-refractivity contribution in [2.45, 2.75) is 39.2 Å². The van der Waals surface area contributed by atoms with Crippen LogP contribution in [0.25, 0.3) is 10.8 Å². The molecule has 0 bridgehead atoms. The van der Waals surface area contributed by atoms with Crippen LogP contribution >= 0.6 is 0 Å². The highest BCUT2D eigenvalue weighted by Gasteiger charge is 2.25. The van der Waals surface area contributed by atoms with Gasteiger partial charge in [-0.25, -0.2) is 4.79 Å². The molecular formula is C21H20N2O4. The Balaban J connectivity index is 1.56. The number of hydrogen-bond acceptors (Lipinski definition) is 5. The Hall–Kier alpha value is -3.15. The first-order valence-corrected chi connectivity index (χ1v) is 9.05. The van der Waals surface area contributed by atoms with Gasteiger partial charge in [-0.1, -0.05) is 36.3 Å². The third kappa shape index (κ3) is 3.18. The predicted octanol–water partition coefficient (Wildman–Crippen LogP) is 3.81. The van der Waals surface area contributed by atoms with Crippen LogP contribution in [0.15, 0.2) is 40.9 Å². The molecule has 1 aliphatic rings. The van der Waals surface area contributed by atoms with Gasteiger partial charge in [0, 0.05) is 6.07 Å². The normalized spacial score (nSPS) is 13.6. The smallest absolute Gasteiger partial charge is 0.339 e. The van der Waals surface area contributed by atoms with E-state index < -0.39 is 18.0 Å². The van der Waals surface area contributed by atoms with E-state index in [9.17, 15) is 9.59 Å². The van der Waals surface area contributed by atoms with Crippen LogP contribution in [0.2, 0.25) is 0 Å². The number of rotatable bonds is 5. The molecule has 2 aromatic carbocycles. The van der Waals surface area contributed by atoms with Crippen LogP contribution in [0.5, 0.6) is 0 Å². The number of nitrogens with zero attached hydrogens (tertiary/aromatic N) is 1. The van der Waals surface area contributed by atoms with Crippen molar-refractivity contribution < 1.29 is 18.8 Å². The molecule has 1 N–H and O–H groups in total. The number of carbonyl (C=O) groups excluding carboxylic acids is 2. The van der Waals surface area contributed by atoms with Gasteiger partial charge in [0.1, 0.15) is 5.76 Å². The Morgan fingerprint density at radius 3 is 2.70 bits per heavy atom. The molecule has 0 aliphatic heterocycles. The fourth-order valence-electron chi connectivity index (χ4n) is 3.57. The molecule has 0 spiro atoms. The summed E-state index contributed by atoms with van der Waals surface area (Å²) in [5, 5.41) is 8.37. The van der Waals surface area contributed by atoms with Gasteiger partial charge in [-0.3, -0.25) is 4.79 Å². The molecule has 1 heterocycles. The minimum Gasteiger partial charge on any atom is -0.449 e. The Morgan fingerprint density at radius 1 is 1.22 bits per heavy atom. The number of amides is 1. The first kappa shape index (κ1) is 17.3. The second-order valence-electron chi connectivity index (χ2n) is 6.73. The van der Waals surface area contributed by atoms with Crippen LogP contribution < -0.4 is 5.32 Å². The molecule has 138 valence electrons. The second kappa shape index (κ2) is 6.87. The molecule has 0 fully saturated rings. The minimum absolute atomic E-state index is 0.303. The van der Waals surface area contributed by atoms with E-state index in [-0.39, 0.29) is 0 Å². The molecule has 27 heavy (non-hydrogen) atoms.